The third-order valence-electron chi connectivity index (χ3n) is 5.11. The van der Waals surface area contributed by atoms with Crippen molar-refractivity contribution in [3.8, 4) is 0 Å². The fourth-order valence-electron chi connectivity index (χ4n) is 3.67. The van der Waals surface area contributed by atoms with Gasteiger partial charge in [0.25, 0.3) is 0 Å². The van der Waals surface area contributed by atoms with Crippen LogP contribution in [0.15, 0.2) is 36.8 Å². The molecule has 3 aromatic heterocycles. The van der Waals surface area contributed by atoms with Crippen molar-refractivity contribution in [3.63, 3.8) is 0 Å². The third kappa shape index (κ3) is 2.52. The van der Waals surface area contributed by atoms with Gasteiger partial charge in [0.15, 0.2) is 0 Å². The highest BCUT2D eigenvalue weighted by Gasteiger charge is 2.30. The van der Waals surface area contributed by atoms with Gasteiger partial charge >= 0.3 is 0 Å². The zero-order valence-electron chi connectivity index (χ0n) is 13.5. The van der Waals surface area contributed by atoms with Gasteiger partial charge in [-0.05, 0) is 49.8 Å². The number of anilines is 1. The molecule has 0 amide bonds. The highest BCUT2D eigenvalue weighted by molar-refractivity contribution is 5.69. The lowest BCUT2D eigenvalue weighted by Crippen LogP contribution is -2.22. The fourth-order valence-corrected chi connectivity index (χ4v) is 3.67. The van der Waals surface area contributed by atoms with E-state index in [0.29, 0.717) is 11.8 Å². The normalized spacial score (nSPS) is 20.8. The Labute approximate surface area is 140 Å². The minimum Gasteiger partial charge on any atom is -0.368 e. The summed E-state index contributed by atoms with van der Waals surface area (Å²) in [4.78, 5) is 6.92. The zero-order chi connectivity index (χ0) is 15.9. The summed E-state index contributed by atoms with van der Waals surface area (Å²) in [6, 6.07) is 8.41. The molecule has 0 bridgehead atoms. The number of aromatic nitrogens is 5. The molecule has 0 N–H and O–H groups in total. The van der Waals surface area contributed by atoms with Crippen LogP contribution in [-0.2, 0) is 6.42 Å². The van der Waals surface area contributed by atoms with E-state index in [9.17, 15) is 0 Å². The minimum absolute atomic E-state index is 0.627. The van der Waals surface area contributed by atoms with Gasteiger partial charge < -0.3 is 4.90 Å². The lowest BCUT2D eigenvalue weighted by molar-refractivity contribution is 0.578. The molecular weight excluding hydrogens is 300 g/mol. The van der Waals surface area contributed by atoms with Crippen LogP contribution in [0, 0.1) is 5.92 Å². The predicted octanol–water partition coefficient (Wildman–Crippen LogP) is 2.47. The Balaban J connectivity index is 1.41. The molecule has 5 rings (SSSR count). The molecule has 1 saturated heterocycles. The molecule has 1 atom stereocenters. The first-order valence-electron chi connectivity index (χ1n) is 8.72. The molecule has 3 aromatic rings. The molecule has 122 valence electrons. The van der Waals surface area contributed by atoms with E-state index < -0.39 is 0 Å². The van der Waals surface area contributed by atoms with Gasteiger partial charge in [-0.2, -0.15) is 9.61 Å². The molecule has 1 aliphatic carbocycles. The van der Waals surface area contributed by atoms with Crippen LogP contribution in [0.3, 0.4) is 0 Å². The molecule has 0 aromatic carbocycles. The highest BCUT2D eigenvalue weighted by Crippen LogP contribution is 2.41. The lowest BCUT2D eigenvalue weighted by atomic mass is 10.0. The van der Waals surface area contributed by atoms with Crippen molar-refractivity contribution >= 4 is 11.3 Å². The third-order valence-corrected chi connectivity index (χ3v) is 5.11. The van der Waals surface area contributed by atoms with Gasteiger partial charge in [0.05, 0.1) is 11.4 Å². The van der Waals surface area contributed by atoms with Crippen LogP contribution in [0.4, 0.5) is 5.69 Å². The summed E-state index contributed by atoms with van der Waals surface area (Å²) in [6.45, 7) is 2.11. The van der Waals surface area contributed by atoms with E-state index in [4.69, 9.17) is 0 Å². The van der Waals surface area contributed by atoms with Gasteiger partial charge in [-0.15, -0.1) is 10.2 Å². The first-order valence-corrected chi connectivity index (χ1v) is 8.72. The maximum Gasteiger partial charge on any atom is 0.200 e. The van der Waals surface area contributed by atoms with E-state index in [2.05, 4.69) is 43.4 Å². The Morgan fingerprint density at radius 2 is 2.12 bits per heavy atom. The van der Waals surface area contributed by atoms with E-state index in [1.807, 2.05) is 16.8 Å². The predicted molar refractivity (Wildman–Crippen MR) is 91.0 cm³/mol. The van der Waals surface area contributed by atoms with Crippen LogP contribution in [0.25, 0.3) is 5.65 Å². The summed E-state index contributed by atoms with van der Waals surface area (Å²) >= 11 is 0. The number of hydrogen-bond acceptors (Lipinski definition) is 5. The van der Waals surface area contributed by atoms with Gasteiger partial charge in [0, 0.05) is 30.9 Å². The number of fused-ring (bicyclic) bond motifs is 1. The van der Waals surface area contributed by atoms with Crippen LogP contribution in [0.1, 0.15) is 36.6 Å². The first kappa shape index (κ1) is 13.9. The molecule has 6 nitrogen and oxygen atoms in total. The summed E-state index contributed by atoms with van der Waals surface area (Å²) < 4.78 is 1.84. The molecule has 1 unspecified atom stereocenters. The van der Waals surface area contributed by atoms with Crippen molar-refractivity contribution in [2.24, 2.45) is 5.92 Å². The van der Waals surface area contributed by atoms with E-state index in [-0.39, 0.29) is 0 Å². The van der Waals surface area contributed by atoms with Crippen molar-refractivity contribution in [1.29, 1.82) is 0 Å². The zero-order valence-corrected chi connectivity index (χ0v) is 13.5. The molecule has 4 heterocycles. The highest BCUT2D eigenvalue weighted by atomic mass is 15.4. The molecule has 6 heteroatoms. The Kier molecular flexibility index (Phi) is 3.21. The molecule has 2 fully saturated rings. The largest absolute Gasteiger partial charge is 0.368 e. The summed E-state index contributed by atoms with van der Waals surface area (Å²) in [5, 5.41) is 13.0. The van der Waals surface area contributed by atoms with Crippen LogP contribution in [0.2, 0.25) is 0 Å². The molecule has 0 radical (unpaired) electrons. The summed E-state index contributed by atoms with van der Waals surface area (Å²) in [5.74, 6) is 1.27. The van der Waals surface area contributed by atoms with Crippen molar-refractivity contribution in [3.05, 3.63) is 48.2 Å². The standard InChI is InChI=1S/C18H20N6/c1-2-7-19-15(3-1)9-13-6-8-23(11-13)17-10-16(14-4-5-14)22-24-12-20-21-18(17)24/h1-3,7,10,12-14H,4-6,8-9,11H2. The Morgan fingerprint density at radius 3 is 2.96 bits per heavy atom. The monoisotopic (exact) mass is 320 g/mol. The molecule has 0 spiro atoms. The van der Waals surface area contributed by atoms with Gasteiger partial charge in [0.1, 0.15) is 6.33 Å². The van der Waals surface area contributed by atoms with E-state index in [1.165, 1.54) is 36.3 Å². The number of rotatable bonds is 4. The van der Waals surface area contributed by atoms with Gasteiger partial charge in [-0.25, -0.2) is 0 Å². The van der Waals surface area contributed by atoms with Crippen molar-refractivity contribution in [1.82, 2.24) is 24.8 Å². The second-order valence-corrected chi connectivity index (χ2v) is 6.95. The van der Waals surface area contributed by atoms with E-state index in [0.717, 1.165) is 25.2 Å². The lowest BCUT2D eigenvalue weighted by Gasteiger charge is -2.19. The molecule has 24 heavy (non-hydrogen) atoms. The second-order valence-electron chi connectivity index (χ2n) is 6.95. The summed E-state index contributed by atoms with van der Waals surface area (Å²) in [5.41, 5.74) is 4.43. The van der Waals surface area contributed by atoms with Crippen LogP contribution in [-0.4, -0.2) is 37.9 Å². The van der Waals surface area contributed by atoms with Crippen LogP contribution in [0.5, 0.6) is 0 Å². The van der Waals surface area contributed by atoms with Crippen LogP contribution < -0.4 is 4.90 Å². The first-order chi connectivity index (χ1) is 11.9. The van der Waals surface area contributed by atoms with E-state index in [1.54, 1.807) is 6.33 Å². The Bertz CT molecular complexity index is 854. The maximum atomic E-state index is 4.67. The van der Waals surface area contributed by atoms with Crippen molar-refractivity contribution in [2.75, 3.05) is 18.0 Å². The summed E-state index contributed by atoms with van der Waals surface area (Å²) in [6.07, 6.45) is 8.34. The van der Waals surface area contributed by atoms with Crippen molar-refractivity contribution < 1.29 is 0 Å². The Hall–Kier alpha value is -2.50. The quantitative estimate of drug-likeness (QED) is 0.739. The Morgan fingerprint density at radius 1 is 1.17 bits per heavy atom. The maximum absolute atomic E-state index is 4.67. The minimum atomic E-state index is 0.627. The number of hydrogen-bond donors (Lipinski definition) is 0. The van der Waals surface area contributed by atoms with E-state index >= 15 is 0 Å². The van der Waals surface area contributed by atoms with Gasteiger partial charge in [0.2, 0.25) is 5.65 Å². The molecular formula is C18H20N6. The van der Waals surface area contributed by atoms with Crippen molar-refractivity contribution in [2.45, 2.75) is 31.6 Å². The molecule has 1 saturated carbocycles. The van der Waals surface area contributed by atoms with Gasteiger partial charge in [-0.3, -0.25) is 4.98 Å². The average Bonchev–Trinajstić information content (AvgIpc) is 3.18. The molecule has 1 aliphatic heterocycles. The number of pyridine rings is 1. The SMILES string of the molecule is c1ccc(CC2CCN(c3cc(C4CC4)nn4cnnc34)C2)nc1. The van der Waals surface area contributed by atoms with Crippen LogP contribution >= 0.6 is 0 Å². The average molecular weight is 320 g/mol. The number of nitrogens with zero attached hydrogens (tertiary/aromatic N) is 6. The fraction of sp³-hybridized carbons (Fsp3) is 0.444. The topological polar surface area (TPSA) is 59.2 Å². The second kappa shape index (κ2) is 5.54. The molecule has 2 aliphatic rings. The smallest absolute Gasteiger partial charge is 0.200 e. The summed E-state index contributed by atoms with van der Waals surface area (Å²) in [7, 11) is 0. The van der Waals surface area contributed by atoms with Gasteiger partial charge in [-0.1, -0.05) is 6.07 Å².